The number of carbonyl (C=O) groups is 10. The number of carboxylic acids is 1. The SMILES string of the molecule is CCCNC(=O)Nc1cccc(S(=O)(=O)Nc2cccc([C@H](CC(=O)O)NC(=O)Nc3ccc(NC(=O)NCCN(C)CCN(C)CCN(C)CC(=O)N[C@@H](CC(N)=O)C(=O)N4CCC[C@H]4C(=O)N[C@H](C(=O)O[C@]4(CC)C(=O)OCc5c4cc4n(c5=O)Cc5c-4nc4ccccc4c5CC)C(C)C)cc3)c2)c1. The molecule has 12 N–H and O–H groups in total. The van der Waals surface area contributed by atoms with Gasteiger partial charge in [0.1, 0.15) is 24.7 Å². The minimum atomic E-state index is -4.19. The number of carbonyl (C=O) groups excluding carboxylic acids is 9. The summed E-state index contributed by atoms with van der Waals surface area (Å²) in [5, 5.41) is 32.2. The largest absolute Gasteiger partial charge is 0.481 e. The van der Waals surface area contributed by atoms with Crippen LogP contribution >= 0.6 is 0 Å². The zero-order chi connectivity index (χ0) is 77.4. The third kappa shape index (κ3) is 20.1. The predicted molar refractivity (Wildman–Crippen MR) is 399 cm³/mol. The summed E-state index contributed by atoms with van der Waals surface area (Å²) in [5.74, 6) is -6.58. The number of esters is 2. The van der Waals surface area contributed by atoms with Crippen molar-refractivity contribution in [2.75, 3.05) is 101 Å². The molecule has 10 amide bonds. The Kier molecular flexibility index (Phi) is 26.8. The van der Waals surface area contributed by atoms with Gasteiger partial charge in [0.25, 0.3) is 15.6 Å². The first kappa shape index (κ1) is 80.1. The molecule has 32 nitrogen and oxygen atoms in total. The van der Waals surface area contributed by atoms with Crippen molar-refractivity contribution in [3.63, 3.8) is 0 Å². The summed E-state index contributed by atoms with van der Waals surface area (Å²) in [6, 6.07) is 20.4. The van der Waals surface area contributed by atoms with Gasteiger partial charge in [0, 0.05) is 91.6 Å². The lowest BCUT2D eigenvalue weighted by molar-refractivity contribution is -0.191. The van der Waals surface area contributed by atoms with E-state index < -0.39 is 124 Å². The average Bonchev–Trinajstić information content (AvgIpc) is 1.63. The first-order valence-electron chi connectivity index (χ1n) is 35.6. The van der Waals surface area contributed by atoms with Crippen molar-refractivity contribution in [3.8, 4) is 11.4 Å². The number of para-hydroxylation sites is 1. The van der Waals surface area contributed by atoms with Crippen molar-refractivity contribution in [1.82, 2.24) is 55.7 Å². The van der Waals surface area contributed by atoms with Crippen LogP contribution in [0.5, 0.6) is 0 Å². The zero-order valence-corrected chi connectivity index (χ0v) is 62.0. The molecule has 572 valence electrons. The van der Waals surface area contributed by atoms with E-state index in [1.807, 2.05) is 57.1 Å². The number of rotatable bonds is 34. The number of hydrogen-bond donors (Lipinski definition) is 11. The Hall–Kier alpha value is -11.0. The molecule has 1 saturated heterocycles. The molecule has 33 heteroatoms. The van der Waals surface area contributed by atoms with Gasteiger partial charge >= 0.3 is 36.0 Å². The van der Waals surface area contributed by atoms with Crippen LogP contribution in [0.15, 0.2) is 113 Å². The average molecular weight is 1500 g/mol. The second kappa shape index (κ2) is 35.8. The van der Waals surface area contributed by atoms with Gasteiger partial charge in [0.05, 0.1) is 59.3 Å². The fourth-order valence-corrected chi connectivity index (χ4v) is 14.2. The lowest BCUT2D eigenvalue weighted by Crippen LogP contribution is -2.58. The van der Waals surface area contributed by atoms with Crippen molar-refractivity contribution in [3.05, 3.63) is 141 Å². The van der Waals surface area contributed by atoms with Crippen LogP contribution in [-0.2, 0) is 78.2 Å². The number of pyridine rings is 2. The van der Waals surface area contributed by atoms with Crippen LogP contribution in [-0.4, -0.2) is 200 Å². The number of nitrogens with zero attached hydrogens (tertiary/aromatic N) is 6. The molecule has 107 heavy (non-hydrogen) atoms. The van der Waals surface area contributed by atoms with Gasteiger partial charge in [-0.25, -0.2) is 37.4 Å². The van der Waals surface area contributed by atoms with Gasteiger partial charge in [-0.3, -0.25) is 38.4 Å². The van der Waals surface area contributed by atoms with Crippen LogP contribution < -0.4 is 58.5 Å². The summed E-state index contributed by atoms with van der Waals surface area (Å²) < 4.78 is 42.7. The smallest absolute Gasteiger partial charge is 0.355 e. The van der Waals surface area contributed by atoms with Crippen LogP contribution in [0.1, 0.15) is 107 Å². The number of aryl methyl sites for hydroxylation is 1. The van der Waals surface area contributed by atoms with E-state index >= 15 is 0 Å². The van der Waals surface area contributed by atoms with Gasteiger partial charge < -0.3 is 82.1 Å². The molecule has 6 aromatic rings. The van der Waals surface area contributed by atoms with E-state index in [2.05, 4.69) is 52.2 Å². The summed E-state index contributed by atoms with van der Waals surface area (Å²) >= 11 is 0. The summed E-state index contributed by atoms with van der Waals surface area (Å²) in [6.45, 7) is 12.2. The van der Waals surface area contributed by atoms with E-state index in [4.69, 9.17) is 20.2 Å². The standard InChI is InChI=1S/C74H94N16O16S/c1-9-28-76-71(100)80-48-18-15-20-50(37-48)107(103,104)85-49-19-14-17-45(36-49)57(40-63(93)94)83-73(102)79-47-26-24-46(25-27-47)78-72(101)77-29-31-86(6)32-33-87(7)34-35-88(8)42-62(92)81-58(39-61(75)91)68(97)89-30-16-23-59(89)66(95)84-64(44(4)5)69(98)106-74(11-3)55-38-60-65-53(41-90(60)67(96)54(55)43-105-70(74)99)51(10-2)52-21-12-13-22-56(52)82-65/h12-15,17-22,24-27,36-38,44,57-59,64,85H,9-11,16,23,28-35,39-43H2,1-8H3,(H2,75,91)(H,81,92)(H,84,95)(H,93,94)(H2,76,80,100)(H2,77,78,101)(H2,79,83,102)/t57-,58-,59-,64-,74-/m0/s1. The number of ether oxygens (including phenoxy) is 2. The summed E-state index contributed by atoms with van der Waals surface area (Å²) in [4.78, 5) is 160. The van der Waals surface area contributed by atoms with Gasteiger partial charge in [0.2, 0.25) is 29.2 Å². The summed E-state index contributed by atoms with van der Waals surface area (Å²) in [7, 11) is 1.34. The van der Waals surface area contributed by atoms with Crippen molar-refractivity contribution in [1.29, 1.82) is 0 Å². The number of likely N-dealkylation sites (tertiary alicyclic amines) is 1. The van der Waals surface area contributed by atoms with Crippen molar-refractivity contribution in [2.24, 2.45) is 11.7 Å². The number of carboxylic acid groups (broad SMARTS) is 1. The van der Waals surface area contributed by atoms with Crippen LogP contribution in [0, 0.1) is 5.92 Å². The number of aromatic nitrogens is 2. The Morgan fingerprint density at radius 1 is 0.729 bits per heavy atom. The predicted octanol–water partition coefficient (Wildman–Crippen LogP) is 4.97. The molecule has 3 aliphatic heterocycles. The number of amides is 10. The molecule has 4 aromatic carbocycles. The van der Waals surface area contributed by atoms with Gasteiger partial charge in [-0.2, -0.15) is 0 Å². The molecular weight excluding hydrogens is 1400 g/mol. The van der Waals surface area contributed by atoms with Crippen LogP contribution in [0.3, 0.4) is 0 Å². The first-order chi connectivity index (χ1) is 51.0. The maximum absolute atomic E-state index is 14.5. The molecule has 0 spiro atoms. The molecular formula is C74H94N16O16S. The van der Waals surface area contributed by atoms with E-state index in [0.29, 0.717) is 87.8 Å². The van der Waals surface area contributed by atoms with Crippen LogP contribution in [0.25, 0.3) is 22.3 Å². The zero-order valence-electron chi connectivity index (χ0n) is 61.2. The second-order valence-electron chi connectivity index (χ2n) is 27.2. The Morgan fingerprint density at radius 2 is 1.37 bits per heavy atom. The number of benzene rings is 4. The lowest BCUT2D eigenvalue weighted by Gasteiger charge is -2.37. The number of hydrogen-bond acceptors (Lipinski definition) is 19. The molecule has 0 bridgehead atoms. The third-order valence-electron chi connectivity index (χ3n) is 18.9. The number of urea groups is 3. The molecule has 0 saturated carbocycles. The number of fused-ring (bicyclic) bond motifs is 5. The number of cyclic esters (lactones) is 1. The number of primary amides is 1. The second-order valence-corrected chi connectivity index (χ2v) is 28.9. The molecule has 2 aromatic heterocycles. The minimum Gasteiger partial charge on any atom is -0.481 e. The molecule has 0 aliphatic carbocycles. The van der Waals surface area contributed by atoms with Gasteiger partial charge in [-0.15, -0.1) is 0 Å². The molecule has 3 aliphatic rings. The van der Waals surface area contributed by atoms with Crippen molar-refractivity contribution < 1.29 is 70.9 Å². The number of anilines is 4. The normalized spacial score (nSPS) is 16.0. The van der Waals surface area contributed by atoms with Gasteiger partial charge in [0.15, 0.2) is 0 Å². The maximum Gasteiger partial charge on any atom is 0.355 e. The van der Waals surface area contributed by atoms with Crippen molar-refractivity contribution >= 4 is 103 Å². The topological polar surface area (TPSA) is 426 Å². The van der Waals surface area contributed by atoms with E-state index in [1.165, 1.54) is 65.6 Å². The van der Waals surface area contributed by atoms with Crippen LogP contribution in [0.2, 0.25) is 0 Å². The number of sulfonamides is 1. The van der Waals surface area contributed by atoms with E-state index in [9.17, 15) is 66.3 Å². The Bertz CT molecular complexity index is 4520. The Labute approximate surface area is 619 Å². The summed E-state index contributed by atoms with van der Waals surface area (Å²) in [6.07, 6.45) is 0.725. The quantitative estimate of drug-likeness (QED) is 0.0237. The maximum atomic E-state index is 14.5. The fraction of sp³-hybridized carbons (Fsp3) is 0.432. The molecule has 0 unspecified atom stereocenters. The Balaban J connectivity index is 0.692. The Morgan fingerprint density at radius 3 is 2.04 bits per heavy atom. The lowest BCUT2D eigenvalue weighted by atomic mass is 9.85. The molecule has 5 heterocycles. The fourth-order valence-electron chi connectivity index (χ4n) is 13.1. The summed E-state index contributed by atoms with van der Waals surface area (Å²) in [5.41, 5.74) is 8.52. The number of nitrogens with two attached hydrogens (primary N) is 1. The molecule has 9 rings (SSSR count). The first-order valence-corrected chi connectivity index (χ1v) is 37.0. The number of nitrogens with one attached hydrogen (secondary N) is 9. The highest BCUT2D eigenvalue weighted by atomic mass is 32.2. The number of likely N-dealkylation sites (N-methyl/N-ethyl adjacent to an activating group) is 3. The minimum absolute atomic E-state index is 0.0881. The molecule has 0 radical (unpaired) electrons. The van der Waals surface area contributed by atoms with E-state index in [-0.39, 0.29) is 72.0 Å². The van der Waals surface area contributed by atoms with E-state index in [0.717, 1.165) is 22.0 Å². The van der Waals surface area contributed by atoms with Crippen LogP contribution in [0.4, 0.5) is 37.1 Å². The molecule has 5 atom stereocenters. The van der Waals surface area contributed by atoms with Crippen molar-refractivity contribution in [2.45, 2.75) is 127 Å². The highest BCUT2D eigenvalue weighted by molar-refractivity contribution is 7.92. The van der Waals surface area contributed by atoms with E-state index in [1.54, 1.807) is 55.5 Å². The number of aliphatic carboxylic acids is 1. The highest BCUT2D eigenvalue weighted by Gasteiger charge is 2.52. The highest BCUT2D eigenvalue weighted by Crippen LogP contribution is 2.43. The monoisotopic (exact) mass is 1490 g/mol. The van der Waals surface area contributed by atoms with Gasteiger partial charge in [-0.05, 0) is 137 Å². The van der Waals surface area contributed by atoms with Gasteiger partial charge in [-0.1, -0.05) is 71.0 Å². The molecule has 1 fully saturated rings. The third-order valence-corrected chi connectivity index (χ3v) is 20.3.